The number of hydrogen-bond donors (Lipinski definition) is 1. The summed E-state index contributed by atoms with van der Waals surface area (Å²) in [6.45, 7) is 2.92. The Hall–Kier alpha value is -1.20. The Morgan fingerprint density at radius 3 is 2.20 bits per heavy atom. The van der Waals surface area contributed by atoms with Gasteiger partial charge in [-0.2, -0.15) is 13.2 Å². The first-order valence-electron chi connectivity index (χ1n) is 5.44. The van der Waals surface area contributed by atoms with E-state index in [0.717, 1.165) is 4.57 Å². The molecule has 0 aliphatic heterocycles. The van der Waals surface area contributed by atoms with Crippen LogP contribution in [0.4, 0.5) is 13.2 Å². The summed E-state index contributed by atoms with van der Waals surface area (Å²) in [4.78, 5) is 0. The zero-order valence-electron chi connectivity index (χ0n) is 11.1. The van der Waals surface area contributed by atoms with E-state index in [1.54, 1.807) is 20.8 Å². The number of rotatable bonds is 4. The van der Waals surface area contributed by atoms with Gasteiger partial charge in [-0.05, 0) is 20.8 Å². The number of aromatic nitrogens is 3. The number of halogens is 3. The molecule has 0 radical (unpaired) electrons. The summed E-state index contributed by atoms with van der Waals surface area (Å²) in [6, 6.07) is 0. The number of ether oxygens (including phenoxy) is 1. The first-order chi connectivity index (χ1) is 8.82. The van der Waals surface area contributed by atoms with Crippen molar-refractivity contribution in [3.8, 4) is 0 Å². The maximum Gasteiger partial charge on any atom is 0.411 e. The first-order valence-corrected chi connectivity index (χ1v) is 6.99. The summed E-state index contributed by atoms with van der Waals surface area (Å²) >= 11 is 0. The average Bonchev–Trinajstić information content (AvgIpc) is 2.57. The van der Waals surface area contributed by atoms with Crippen molar-refractivity contribution in [3.05, 3.63) is 5.82 Å². The largest absolute Gasteiger partial charge is 0.411 e. The van der Waals surface area contributed by atoms with Crippen molar-refractivity contribution in [1.82, 2.24) is 14.8 Å². The van der Waals surface area contributed by atoms with Crippen molar-refractivity contribution in [1.29, 1.82) is 0 Å². The van der Waals surface area contributed by atoms with Crippen LogP contribution in [0.1, 0.15) is 26.6 Å². The van der Waals surface area contributed by atoms with Gasteiger partial charge in [-0.25, -0.2) is 13.6 Å². The molecule has 116 valence electrons. The van der Waals surface area contributed by atoms with E-state index < -0.39 is 40.1 Å². The smallest absolute Gasteiger partial charge is 0.364 e. The van der Waals surface area contributed by atoms with Gasteiger partial charge in [-0.3, -0.25) is 4.57 Å². The fraction of sp³-hybridized carbons (Fsp3) is 0.778. The zero-order valence-corrected chi connectivity index (χ0v) is 11.9. The maximum atomic E-state index is 12.0. The lowest BCUT2D eigenvalue weighted by molar-refractivity contribution is -0.177. The van der Waals surface area contributed by atoms with Crippen LogP contribution in [-0.2, 0) is 26.9 Å². The standard InChI is InChI=1S/C9H15F3N4O3S/c1-8(2,3)16-6(4-19-5-9(10,11)12)14-15-7(16)20(13,17)18/h4-5H2,1-3H3,(H2,13,17,18). The highest BCUT2D eigenvalue weighted by Crippen LogP contribution is 2.22. The number of hydrogen-bond acceptors (Lipinski definition) is 5. The number of nitrogens with zero attached hydrogens (tertiary/aromatic N) is 3. The third-order valence-corrected chi connectivity index (χ3v) is 2.90. The predicted molar refractivity (Wildman–Crippen MR) is 62.1 cm³/mol. The topological polar surface area (TPSA) is 100 Å². The highest BCUT2D eigenvalue weighted by molar-refractivity contribution is 7.89. The van der Waals surface area contributed by atoms with Gasteiger partial charge in [0.05, 0.1) is 0 Å². The van der Waals surface area contributed by atoms with Crippen molar-refractivity contribution >= 4 is 10.0 Å². The molecule has 1 rings (SSSR count). The molecule has 0 fully saturated rings. The van der Waals surface area contributed by atoms with Crippen LogP contribution in [0.5, 0.6) is 0 Å². The molecule has 1 aromatic heterocycles. The molecule has 0 spiro atoms. The summed E-state index contributed by atoms with van der Waals surface area (Å²) in [5, 5.41) is 11.4. The second kappa shape index (κ2) is 5.30. The molecule has 0 saturated heterocycles. The highest BCUT2D eigenvalue weighted by atomic mass is 32.2. The van der Waals surface area contributed by atoms with Crippen molar-refractivity contribution in [2.45, 2.75) is 44.2 Å². The lowest BCUT2D eigenvalue weighted by atomic mass is 10.1. The molecule has 0 amide bonds. The molecule has 0 saturated carbocycles. The van der Waals surface area contributed by atoms with E-state index in [-0.39, 0.29) is 5.82 Å². The van der Waals surface area contributed by atoms with Crippen LogP contribution in [0, 0.1) is 0 Å². The number of primary sulfonamides is 1. The Kier molecular flexibility index (Phi) is 4.46. The van der Waals surface area contributed by atoms with Crippen LogP contribution < -0.4 is 5.14 Å². The average molecular weight is 316 g/mol. The molecule has 0 bridgehead atoms. The summed E-state index contributed by atoms with van der Waals surface area (Å²) in [7, 11) is -4.14. The van der Waals surface area contributed by atoms with Crippen LogP contribution in [-0.4, -0.2) is 36.0 Å². The third kappa shape index (κ3) is 4.42. The Morgan fingerprint density at radius 2 is 1.80 bits per heavy atom. The summed E-state index contributed by atoms with van der Waals surface area (Å²) in [5.41, 5.74) is -0.789. The minimum Gasteiger partial charge on any atom is -0.364 e. The molecule has 11 heteroatoms. The molecule has 1 aromatic rings. The van der Waals surface area contributed by atoms with Gasteiger partial charge in [0.25, 0.3) is 15.2 Å². The second-order valence-electron chi connectivity index (χ2n) is 5.06. The predicted octanol–water partition coefficient (Wildman–Crippen LogP) is 0.759. The molecule has 2 N–H and O–H groups in total. The molecule has 0 aliphatic rings. The van der Waals surface area contributed by atoms with Gasteiger partial charge >= 0.3 is 6.18 Å². The van der Waals surface area contributed by atoms with E-state index in [2.05, 4.69) is 14.9 Å². The van der Waals surface area contributed by atoms with E-state index in [9.17, 15) is 21.6 Å². The van der Waals surface area contributed by atoms with Crippen molar-refractivity contribution in [3.63, 3.8) is 0 Å². The normalized spacial score (nSPS) is 13.8. The van der Waals surface area contributed by atoms with Gasteiger partial charge in [-0.1, -0.05) is 0 Å². The lowest BCUT2D eigenvalue weighted by Gasteiger charge is -2.24. The van der Waals surface area contributed by atoms with E-state index in [4.69, 9.17) is 5.14 Å². The first kappa shape index (κ1) is 16.9. The fourth-order valence-electron chi connectivity index (χ4n) is 1.51. The summed E-state index contributed by atoms with van der Waals surface area (Å²) in [5.74, 6) is -0.0502. The lowest BCUT2D eigenvalue weighted by Crippen LogP contribution is -2.30. The van der Waals surface area contributed by atoms with Crippen molar-refractivity contribution in [2.75, 3.05) is 6.61 Å². The summed E-state index contributed by atoms with van der Waals surface area (Å²) in [6.07, 6.45) is -4.48. The second-order valence-corrected chi connectivity index (χ2v) is 6.51. The third-order valence-electron chi connectivity index (χ3n) is 2.12. The van der Waals surface area contributed by atoms with Gasteiger partial charge in [0.15, 0.2) is 5.82 Å². The van der Waals surface area contributed by atoms with Crippen molar-refractivity contribution in [2.24, 2.45) is 5.14 Å². The SMILES string of the molecule is CC(C)(C)n1c(COCC(F)(F)F)nnc1S(N)(=O)=O. The van der Waals surface area contributed by atoms with Gasteiger partial charge in [0, 0.05) is 5.54 Å². The minimum absolute atomic E-state index is 0.0502. The quantitative estimate of drug-likeness (QED) is 0.884. The van der Waals surface area contributed by atoms with Gasteiger partial charge in [-0.15, -0.1) is 10.2 Å². The van der Waals surface area contributed by atoms with Crippen LogP contribution in [0.25, 0.3) is 0 Å². The van der Waals surface area contributed by atoms with Crippen LogP contribution in [0.3, 0.4) is 0 Å². The molecule has 0 aliphatic carbocycles. The van der Waals surface area contributed by atoms with Crippen LogP contribution in [0.15, 0.2) is 5.16 Å². The monoisotopic (exact) mass is 316 g/mol. The number of sulfonamides is 1. The van der Waals surface area contributed by atoms with Crippen LogP contribution >= 0.6 is 0 Å². The Labute approximate surface area is 114 Å². The Bertz CT molecular complexity index is 574. The van der Waals surface area contributed by atoms with E-state index >= 15 is 0 Å². The van der Waals surface area contributed by atoms with Crippen LogP contribution in [0.2, 0.25) is 0 Å². The molecule has 0 atom stereocenters. The molecule has 0 unspecified atom stereocenters. The molecular formula is C9H15F3N4O3S. The van der Waals surface area contributed by atoms with Gasteiger partial charge in [0.1, 0.15) is 13.2 Å². The van der Waals surface area contributed by atoms with Gasteiger partial charge < -0.3 is 4.74 Å². The van der Waals surface area contributed by atoms with E-state index in [0.29, 0.717) is 0 Å². The maximum absolute atomic E-state index is 12.0. The Morgan fingerprint density at radius 1 is 1.25 bits per heavy atom. The number of nitrogens with two attached hydrogens (primary N) is 1. The van der Waals surface area contributed by atoms with E-state index in [1.165, 1.54) is 0 Å². The molecular weight excluding hydrogens is 301 g/mol. The van der Waals surface area contributed by atoms with E-state index in [1.807, 2.05) is 0 Å². The molecule has 20 heavy (non-hydrogen) atoms. The number of alkyl halides is 3. The molecule has 7 nitrogen and oxygen atoms in total. The fourth-order valence-corrected chi connectivity index (χ4v) is 2.30. The summed E-state index contributed by atoms with van der Waals surface area (Å²) < 4.78 is 64.4. The minimum atomic E-state index is -4.48. The highest BCUT2D eigenvalue weighted by Gasteiger charge is 2.31. The molecule has 0 aromatic carbocycles. The zero-order chi connectivity index (χ0) is 15.8. The van der Waals surface area contributed by atoms with Crippen molar-refractivity contribution < 1.29 is 26.3 Å². The van der Waals surface area contributed by atoms with Gasteiger partial charge in [0.2, 0.25) is 0 Å². The molecule has 1 heterocycles. The Balaban J connectivity index is 3.07.